The zero-order chi connectivity index (χ0) is 20.2. The maximum Gasteiger partial charge on any atom is 0.411 e. The fourth-order valence-corrected chi connectivity index (χ4v) is 4.12. The zero-order valence-electron chi connectivity index (χ0n) is 16.2. The van der Waals surface area contributed by atoms with Crippen molar-refractivity contribution in [1.29, 1.82) is 5.26 Å². The molecule has 0 unspecified atom stereocenters. The minimum Gasteiger partial charge on any atom is -0.444 e. The predicted molar refractivity (Wildman–Crippen MR) is 106 cm³/mol. The van der Waals surface area contributed by atoms with E-state index in [2.05, 4.69) is 12.1 Å². The van der Waals surface area contributed by atoms with Gasteiger partial charge in [-0.3, -0.25) is 9.69 Å². The van der Waals surface area contributed by atoms with E-state index in [4.69, 9.17) is 4.74 Å². The first-order chi connectivity index (χ1) is 14.2. The van der Waals surface area contributed by atoms with Crippen LogP contribution in [0.2, 0.25) is 0 Å². The lowest BCUT2D eigenvalue weighted by atomic mass is 9.99. The van der Waals surface area contributed by atoms with Gasteiger partial charge in [0.2, 0.25) is 5.91 Å². The largest absolute Gasteiger partial charge is 0.444 e. The van der Waals surface area contributed by atoms with Gasteiger partial charge in [0.1, 0.15) is 18.7 Å². The number of likely N-dealkylation sites (tertiary alicyclic amines) is 1. The Morgan fingerprint density at radius 2 is 1.76 bits per heavy atom. The summed E-state index contributed by atoms with van der Waals surface area (Å²) < 4.78 is 5.43. The maximum atomic E-state index is 13.2. The number of ether oxygens (including phenoxy) is 1. The number of carbonyl (C=O) groups is 2. The van der Waals surface area contributed by atoms with Crippen LogP contribution in [0, 0.1) is 11.3 Å². The summed E-state index contributed by atoms with van der Waals surface area (Å²) in [6.45, 7) is 1.28. The molecule has 6 nitrogen and oxygen atoms in total. The van der Waals surface area contributed by atoms with E-state index >= 15 is 0 Å². The van der Waals surface area contributed by atoms with Gasteiger partial charge in [-0.05, 0) is 36.0 Å². The van der Waals surface area contributed by atoms with E-state index in [1.54, 1.807) is 4.90 Å². The Hall–Kier alpha value is -3.33. The molecule has 2 atom stereocenters. The molecule has 0 saturated carbocycles. The van der Waals surface area contributed by atoms with Crippen molar-refractivity contribution in [2.75, 3.05) is 6.54 Å². The Morgan fingerprint density at radius 3 is 2.52 bits per heavy atom. The monoisotopic (exact) mass is 389 g/mol. The molecule has 2 aromatic carbocycles. The first-order valence-corrected chi connectivity index (χ1v) is 9.91. The number of rotatable bonds is 3. The van der Waals surface area contributed by atoms with Crippen LogP contribution in [0.4, 0.5) is 4.79 Å². The average Bonchev–Trinajstić information content (AvgIpc) is 3.21. The van der Waals surface area contributed by atoms with E-state index in [0.29, 0.717) is 25.9 Å². The van der Waals surface area contributed by atoms with Gasteiger partial charge in [-0.1, -0.05) is 54.6 Å². The van der Waals surface area contributed by atoms with Crippen LogP contribution in [0.25, 0.3) is 0 Å². The molecule has 2 aliphatic heterocycles. The van der Waals surface area contributed by atoms with E-state index in [1.807, 2.05) is 48.5 Å². The smallest absolute Gasteiger partial charge is 0.411 e. The molecule has 2 heterocycles. The third kappa shape index (κ3) is 3.95. The number of amides is 2. The Kier molecular flexibility index (Phi) is 5.48. The minimum atomic E-state index is -0.645. The third-order valence-corrected chi connectivity index (χ3v) is 5.68. The third-order valence-electron chi connectivity index (χ3n) is 5.68. The van der Waals surface area contributed by atoms with Crippen molar-refractivity contribution in [1.82, 2.24) is 9.80 Å². The van der Waals surface area contributed by atoms with Crippen molar-refractivity contribution in [2.24, 2.45) is 0 Å². The zero-order valence-corrected chi connectivity index (χ0v) is 16.2. The molecule has 2 aliphatic rings. The second kappa shape index (κ2) is 8.36. The van der Waals surface area contributed by atoms with Crippen LogP contribution < -0.4 is 0 Å². The van der Waals surface area contributed by atoms with Gasteiger partial charge in [0, 0.05) is 13.1 Å². The van der Waals surface area contributed by atoms with Gasteiger partial charge < -0.3 is 9.64 Å². The summed E-state index contributed by atoms with van der Waals surface area (Å²) in [4.78, 5) is 29.1. The fourth-order valence-electron chi connectivity index (χ4n) is 4.12. The second-order valence-corrected chi connectivity index (χ2v) is 7.46. The molecule has 4 rings (SSSR count). The van der Waals surface area contributed by atoms with Crippen LogP contribution in [0.1, 0.15) is 29.5 Å². The van der Waals surface area contributed by atoms with Gasteiger partial charge in [-0.2, -0.15) is 5.26 Å². The fraction of sp³-hybridized carbons (Fsp3) is 0.348. The quantitative estimate of drug-likeness (QED) is 0.808. The maximum absolute atomic E-state index is 13.2. The number of fused-ring (bicyclic) bond motifs is 1. The second-order valence-electron chi connectivity index (χ2n) is 7.46. The first-order valence-electron chi connectivity index (χ1n) is 9.91. The van der Waals surface area contributed by atoms with E-state index in [0.717, 1.165) is 17.5 Å². The lowest BCUT2D eigenvalue weighted by molar-refractivity contribution is -0.136. The number of nitrogens with zero attached hydrogens (tertiary/aromatic N) is 3. The number of carbonyl (C=O) groups excluding carboxylic acids is 2. The van der Waals surface area contributed by atoms with Crippen LogP contribution in [0.3, 0.4) is 0 Å². The van der Waals surface area contributed by atoms with Crippen molar-refractivity contribution >= 4 is 12.0 Å². The van der Waals surface area contributed by atoms with Crippen LogP contribution in [0.5, 0.6) is 0 Å². The SMILES string of the molecule is N#C[C@@H]1CC[C@H](C(=O)N2CCc3ccccc3C2)N1C(=O)OCc1ccccc1. The van der Waals surface area contributed by atoms with Gasteiger partial charge in [0.25, 0.3) is 0 Å². The summed E-state index contributed by atoms with van der Waals surface area (Å²) in [6.07, 6.45) is 1.16. The van der Waals surface area contributed by atoms with Crippen LogP contribution >= 0.6 is 0 Å². The Bertz CT molecular complexity index is 938. The molecule has 2 amide bonds. The van der Waals surface area contributed by atoms with E-state index in [-0.39, 0.29) is 12.5 Å². The highest BCUT2D eigenvalue weighted by atomic mass is 16.6. The molecule has 1 saturated heterocycles. The molecule has 2 aromatic rings. The summed E-state index contributed by atoms with van der Waals surface area (Å²) in [5.41, 5.74) is 3.27. The van der Waals surface area contributed by atoms with E-state index in [9.17, 15) is 14.9 Å². The normalized spacial score (nSPS) is 20.7. The Morgan fingerprint density at radius 1 is 1.03 bits per heavy atom. The molecular weight excluding hydrogens is 366 g/mol. The van der Waals surface area contributed by atoms with Crippen molar-refractivity contribution in [3.05, 3.63) is 71.3 Å². The van der Waals surface area contributed by atoms with Crippen LogP contribution in [-0.2, 0) is 29.1 Å². The van der Waals surface area contributed by atoms with Crippen LogP contribution in [-0.4, -0.2) is 40.4 Å². The van der Waals surface area contributed by atoms with Gasteiger partial charge in [-0.15, -0.1) is 0 Å². The highest BCUT2D eigenvalue weighted by Gasteiger charge is 2.44. The number of nitriles is 1. The topological polar surface area (TPSA) is 73.6 Å². The lowest BCUT2D eigenvalue weighted by Gasteiger charge is -2.33. The summed E-state index contributed by atoms with van der Waals surface area (Å²) in [5.74, 6) is -0.103. The highest BCUT2D eigenvalue weighted by Crippen LogP contribution is 2.28. The van der Waals surface area contributed by atoms with Crippen molar-refractivity contribution in [3.63, 3.8) is 0 Å². The highest BCUT2D eigenvalue weighted by molar-refractivity contribution is 5.87. The van der Waals surface area contributed by atoms with Gasteiger partial charge in [-0.25, -0.2) is 4.79 Å². The molecule has 1 fully saturated rings. The van der Waals surface area contributed by atoms with Gasteiger partial charge in [0.15, 0.2) is 0 Å². The van der Waals surface area contributed by atoms with Gasteiger partial charge >= 0.3 is 6.09 Å². The van der Waals surface area contributed by atoms with Crippen molar-refractivity contribution in [2.45, 2.75) is 44.5 Å². The average molecular weight is 389 g/mol. The Labute approximate surface area is 170 Å². The molecule has 148 valence electrons. The number of hydrogen-bond acceptors (Lipinski definition) is 4. The Balaban J connectivity index is 1.46. The predicted octanol–water partition coefficient (Wildman–Crippen LogP) is 3.26. The molecule has 0 N–H and O–H groups in total. The van der Waals surface area contributed by atoms with E-state index < -0.39 is 18.2 Å². The summed E-state index contributed by atoms with van der Waals surface area (Å²) in [6, 6.07) is 18.4. The molecule has 0 bridgehead atoms. The lowest BCUT2D eigenvalue weighted by Crippen LogP contribution is -2.51. The molecule has 29 heavy (non-hydrogen) atoms. The molecule has 6 heteroatoms. The van der Waals surface area contributed by atoms with Gasteiger partial charge in [0.05, 0.1) is 6.07 Å². The summed E-state index contributed by atoms with van der Waals surface area (Å²) in [5, 5.41) is 9.49. The number of benzene rings is 2. The summed E-state index contributed by atoms with van der Waals surface area (Å²) >= 11 is 0. The molecule has 0 aliphatic carbocycles. The first kappa shape index (κ1) is 19.0. The van der Waals surface area contributed by atoms with Crippen molar-refractivity contribution in [3.8, 4) is 6.07 Å². The minimum absolute atomic E-state index is 0.103. The standard InChI is InChI=1S/C23H23N3O3/c24-14-20-10-11-21(26(20)23(28)29-16-17-6-2-1-3-7-17)22(27)25-13-12-18-8-4-5-9-19(18)15-25/h1-9,20-21H,10-13,15-16H2/t20-,21+/m0/s1. The molecule has 0 aromatic heterocycles. The molecule has 0 radical (unpaired) electrons. The number of hydrogen-bond donors (Lipinski definition) is 0. The van der Waals surface area contributed by atoms with Crippen molar-refractivity contribution < 1.29 is 14.3 Å². The molecular formula is C23H23N3O3. The van der Waals surface area contributed by atoms with Crippen LogP contribution in [0.15, 0.2) is 54.6 Å². The van der Waals surface area contributed by atoms with E-state index in [1.165, 1.54) is 10.5 Å². The summed E-state index contributed by atoms with van der Waals surface area (Å²) in [7, 11) is 0. The molecule has 0 spiro atoms.